The van der Waals surface area contributed by atoms with Gasteiger partial charge in [-0.1, -0.05) is 36.4 Å². The van der Waals surface area contributed by atoms with E-state index in [0.29, 0.717) is 0 Å². The van der Waals surface area contributed by atoms with E-state index in [1.165, 1.54) is 16.8 Å². The van der Waals surface area contributed by atoms with Crippen molar-refractivity contribution in [3.63, 3.8) is 0 Å². The lowest BCUT2D eigenvalue weighted by molar-refractivity contribution is 1.08. The van der Waals surface area contributed by atoms with E-state index in [-0.39, 0.29) is 0 Å². The van der Waals surface area contributed by atoms with E-state index in [2.05, 4.69) is 65.0 Å². The standard InChI is InChI=1S/C17H18N2S/c1-14-6-5-10-19-16(12-18-17(14)19)13-20-11-9-15-7-3-2-4-8-15/h2-8,10,12H,9,11,13H2,1H3. The molecule has 0 saturated carbocycles. The lowest BCUT2D eigenvalue weighted by Gasteiger charge is -2.03. The van der Waals surface area contributed by atoms with Gasteiger partial charge < -0.3 is 4.40 Å². The molecule has 3 aromatic rings. The molecule has 0 atom stereocenters. The maximum absolute atomic E-state index is 4.50. The molecule has 3 heteroatoms. The lowest BCUT2D eigenvalue weighted by atomic mass is 10.2. The van der Waals surface area contributed by atoms with Gasteiger partial charge in [-0.3, -0.25) is 0 Å². The Morgan fingerprint density at radius 3 is 2.80 bits per heavy atom. The van der Waals surface area contributed by atoms with Crippen LogP contribution in [0.5, 0.6) is 0 Å². The van der Waals surface area contributed by atoms with Gasteiger partial charge in [-0.05, 0) is 36.3 Å². The highest BCUT2D eigenvalue weighted by atomic mass is 32.2. The average molecular weight is 282 g/mol. The summed E-state index contributed by atoms with van der Waals surface area (Å²) in [5.74, 6) is 2.15. The Kier molecular flexibility index (Phi) is 4.07. The third kappa shape index (κ3) is 2.88. The molecule has 0 N–H and O–H groups in total. The van der Waals surface area contributed by atoms with Gasteiger partial charge in [0.05, 0.1) is 11.9 Å². The van der Waals surface area contributed by atoms with E-state index in [0.717, 1.165) is 23.6 Å². The Bertz CT molecular complexity index is 689. The van der Waals surface area contributed by atoms with Gasteiger partial charge in [-0.25, -0.2) is 4.98 Å². The summed E-state index contributed by atoms with van der Waals surface area (Å²) in [6.45, 7) is 2.11. The number of pyridine rings is 1. The number of aromatic nitrogens is 2. The Balaban J connectivity index is 1.59. The number of nitrogens with zero attached hydrogens (tertiary/aromatic N) is 2. The molecule has 0 aliphatic heterocycles. The van der Waals surface area contributed by atoms with Crippen LogP contribution in [0.1, 0.15) is 16.8 Å². The smallest absolute Gasteiger partial charge is 0.139 e. The predicted octanol–water partition coefficient (Wildman–Crippen LogP) is 4.12. The van der Waals surface area contributed by atoms with Gasteiger partial charge in [0.1, 0.15) is 5.65 Å². The van der Waals surface area contributed by atoms with Crippen molar-refractivity contribution in [1.29, 1.82) is 0 Å². The summed E-state index contributed by atoms with van der Waals surface area (Å²) < 4.78 is 2.20. The molecule has 0 amide bonds. The van der Waals surface area contributed by atoms with E-state index in [1.54, 1.807) is 0 Å². The van der Waals surface area contributed by atoms with Crippen molar-refractivity contribution in [2.75, 3.05) is 5.75 Å². The molecule has 102 valence electrons. The van der Waals surface area contributed by atoms with Crippen LogP contribution in [0.3, 0.4) is 0 Å². The first kappa shape index (κ1) is 13.3. The molecule has 0 radical (unpaired) electrons. The number of aryl methyl sites for hydroxylation is 2. The largest absolute Gasteiger partial charge is 0.303 e. The third-order valence-corrected chi connectivity index (χ3v) is 4.43. The molecule has 0 saturated heterocycles. The Morgan fingerprint density at radius 2 is 1.95 bits per heavy atom. The van der Waals surface area contributed by atoms with E-state index < -0.39 is 0 Å². The summed E-state index contributed by atoms with van der Waals surface area (Å²) in [6, 6.07) is 14.9. The van der Waals surface area contributed by atoms with Crippen molar-refractivity contribution in [2.24, 2.45) is 0 Å². The Labute approximate surface area is 123 Å². The fourth-order valence-electron chi connectivity index (χ4n) is 2.32. The van der Waals surface area contributed by atoms with Crippen molar-refractivity contribution < 1.29 is 0 Å². The maximum atomic E-state index is 4.50. The number of benzene rings is 1. The van der Waals surface area contributed by atoms with Crippen LogP contribution in [0.2, 0.25) is 0 Å². The fraction of sp³-hybridized carbons (Fsp3) is 0.235. The second kappa shape index (κ2) is 6.14. The monoisotopic (exact) mass is 282 g/mol. The second-order valence-corrected chi connectivity index (χ2v) is 6.03. The maximum Gasteiger partial charge on any atom is 0.139 e. The van der Waals surface area contributed by atoms with Crippen molar-refractivity contribution in [3.05, 3.63) is 71.7 Å². The Hall–Kier alpha value is -1.74. The van der Waals surface area contributed by atoms with Gasteiger partial charge >= 0.3 is 0 Å². The quantitative estimate of drug-likeness (QED) is 0.655. The van der Waals surface area contributed by atoms with Crippen molar-refractivity contribution in [1.82, 2.24) is 9.38 Å². The van der Waals surface area contributed by atoms with E-state index in [1.807, 2.05) is 18.0 Å². The fourth-order valence-corrected chi connectivity index (χ4v) is 3.27. The van der Waals surface area contributed by atoms with Crippen LogP contribution in [0.15, 0.2) is 54.9 Å². The molecule has 0 unspecified atom stereocenters. The van der Waals surface area contributed by atoms with Crippen molar-refractivity contribution in [2.45, 2.75) is 19.1 Å². The van der Waals surface area contributed by atoms with Crippen LogP contribution in [-0.2, 0) is 12.2 Å². The van der Waals surface area contributed by atoms with Gasteiger partial charge in [-0.2, -0.15) is 11.8 Å². The van der Waals surface area contributed by atoms with E-state index in [4.69, 9.17) is 0 Å². The highest BCUT2D eigenvalue weighted by Gasteiger charge is 2.04. The van der Waals surface area contributed by atoms with E-state index in [9.17, 15) is 0 Å². The van der Waals surface area contributed by atoms with Crippen LogP contribution in [0.4, 0.5) is 0 Å². The minimum absolute atomic E-state index is 1.01. The molecule has 2 heterocycles. The molecule has 1 aromatic carbocycles. The highest BCUT2D eigenvalue weighted by Crippen LogP contribution is 2.17. The summed E-state index contributed by atoms with van der Waals surface area (Å²) >= 11 is 1.97. The molecular weight excluding hydrogens is 264 g/mol. The van der Waals surface area contributed by atoms with Crippen LogP contribution in [-0.4, -0.2) is 15.1 Å². The van der Waals surface area contributed by atoms with Crippen LogP contribution in [0, 0.1) is 6.92 Å². The SMILES string of the molecule is Cc1cccn2c(CSCCc3ccccc3)cnc12. The van der Waals surface area contributed by atoms with Crippen molar-refractivity contribution >= 4 is 17.4 Å². The normalized spacial score (nSPS) is 11.1. The van der Waals surface area contributed by atoms with Gasteiger partial charge in [0.15, 0.2) is 0 Å². The first-order valence-electron chi connectivity index (χ1n) is 6.88. The molecule has 0 fully saturated rings. The number of imidazole rings is 1. The van der Waals surface area contributed by atoms with E-state index >= 15 is 0 Å². The summed E-state index contributed by atoms with van der Waals surface area (Å²) in [5, 5.41) is 0. The molecule has 0 spiro atoms. The molecular formula is C17H18N2S. The van der Waals surface area contributed by atoms with Gasteiger partial charge in [0, 0.05) is 11.9 Å². The number of fused-ring (bicyclic) bond motifs is 1. The summed E-state index contributed by atoms with van der Waals surface area (Å²) in [5.41, 5.74) is 5.00. The first-order chi connectivity index (χ1) is 9.84. The summed E-state index contributed by atoms with van der Waals surface area (Å²) in [4.78, 5) is 4.50. The first-order valence-corrected chi connectivity index (χ1v) is 8.03. The van der Waals surface area contributed by atoms with Crippen LogP contribution >= 0.6 is 11.8 Å². The molecule has 2 nitrogen and oxygen atoms in total. The average Bonchev–Trinajstić information content (AvgIpc) is 2.90. The van der Waals surface area contributed by atoms with Gasteiger partial charge in [0.25, 0.3) is 0 Å². The molecule has 3 rings (SSSR count). The van der Waals surface area contributed by atoms with Gasteiger partial charge in [-0.15, -0.1) is 0 Å². The molecule has 0 bridgehead atoms. The zero-order chi connectivity index (χ0) is 13.8. The summed E-state index contributed by atoms with van der Waals surface area (Å²) in [6.07, 6.45) is 5.22. The number of thioether (sulfide) groups is 1. The molecule has 2 aromatic heterocycles. The summed E-state index contributed by atoms with van der Waals surface area (Å²) in [7, 11) is 0. The topological polar surface area (TPSA) is 17.3 Å². The minimum Gasteiger partial charge on any atom is -0.303 e. The zero-order valence-electron chi connectivity index (χ0n) is 11.6. The predicted molar refractivity (Wildman–Crippen MR) is 86.2 cm³/mol. The number of hydrogen-bond acceptors (Lipinski definition) is 2. The van der Waals surface area contributed by atoms with Gasteiger partial charge in [0.2, 0.25) is 0 Å². The second-order valence-electron chi connectivity index (χ2n) is 4.92. The molecule has 0 aliphatic carbocycles. The van der Waals surface area contributed by atoms with Crippen molar-refractivity contribution in [3.8, 4) is 0 Å². The molecule has 20 heavy (non-hydrogen) atoms. The third-order valence-electron chi connectivity index (χ3n) is 3.44. The number of rotatable bonds is 5. The molecule has 0 aliphatic rings. The Morgan fingerprint density at radius 1 is 1.10 bits per heavy atom. The number of hydrogen-bond donors (Lipinski definition) is 0. The van der Waals surface area contributed by atoms with Crippen LogP contribution in [0.25, 0.3) is 5.65 Å². The lowest BCUT2D eigenvalue weighted by Crippen LogP contribution is -1.94. The van der Waals surface area contributed by atoms with Crippen LogP contribution < -0.4 is 0 Å². The zero-order valence-corrected chi connectivity index (χ0v) is 12.4. The highest BCUT2D eigenvalue weighted by molar-refractivity contribution is 7.98. The minimum atomic E-state index is 1.01.